The van der Waals surface area contributed by atoms with Crippen molar-refractivity contribution in [3.8, 4) is 0 Å². The maximum absolute atomic E-state index is 15.6. The maximum Gasteiger partial charge on any atom is 0.315 e. The van der Waals surface area contributed by atoms with Gasteiger partial charge in [0.2, 0.25) is 6.29 Å². The Bertz CT molecular complexity index is 2820. The number of carboxylic acids is 1. The first kappa shape index (κ1) is 76.6. The lowest BCUT2D eigenvalue weighted by Gasteiger charge is -2.71. The number of aliphatic carboxylic acids is 1. The van der Waals surface area contributed by atoms with E-state index in [0.717, 1.165) is 5.57 Å². The Morgan fingerprint density at radius 3 is 1.73 bits per heavy atom. The monoisotopic (exact) mass is 1410 g/mol. The highest BCUT2D eigenvalue weighted by molar-refractivity contribution is 5.79. The van der Waals surface area contributed by atoms with Gasteiger partial charge in [0.05, 0.1) is 69.3 Å². The Labute approximate surface area is 564 Å². The van der Waals surface area contributed by atoms with Gasteiger partial charge in [-0.3, -0.25) is 9.59 Å². The largest absolute Gasteiger partial charge is 0.481 e. The zero-order chi connectivity index (χ0) is 71.6. The molecule has 0 amide bonds. The summed E-state index contributed by atoms with van der Waals surface area (Å²) in [4.78, 5) is 29.4. The summed E-state index contributed by atoms with van der Waals surface area (Å²) in [6.45, 7) is 6.21. The van der Waals surface area contributed by atoms with E-state index in [-0.39, 0.29) is 50.0 Å². The molecule has 20 N–H and O–H groups in total. The molecule has 0 radical (unpaired) electrons. The third-order valence-corrected chi connectivity index (χ3v) is 25.0. The van der Waals surface area contributed by atoms with Crippen LogP contribution in [0.1, 0.15) is 99.3 Å². The molecule has 4 saturated carbocycles. The van der Waals surface area contributed by atoms with Crippen molar-refractivity contribution in [1.29, 1.82) is 0 Å². The Kier molecular flexibility index (Phi) is 22.2. The van der Waals surface area contributed by atoms with Crippen molar-refractivity contribution in [2.24, 2.45) is 50.2 Å². The van der Waals surface area contributed by atoms with Gasteiger partial charge in [-0.25, -0.2) is 0 Å². The van der Waals surface area contributed by atoms with E-state index in [4.69, 9.17) is 56.8 Å². The summed E-state index contributed by atoms with van der Waals surface area (Å²) in [5.74, 6) is -3.78. The molecule has 0 spiro atoms. The summed E-state index contributed by atoms with van der Waals surface area (Å²) >= 11 is 0. The van der Waals surface area contributed by atoms with Gasteiger partial charge >= 0.3 is 11.9 Å². The fourth-order valence-corrected chi connectivity index (χ4v) is 19.0. The van der Waals surface area contributed by atoms with E-state index in [0.29, 0.717) is 25.7 Å². The van der Waals surface area contributed by atoms with Crippen LogP contribution in [-0.2, 0) is 66.4 Å². The van der Waals surface area contributed by atoms with Crippen molar-refractivity contribution in [1.82, 2.24) is 0 Å². The number of carbonyl (C=O) groups excluding carboxylic acids is 1. The number of hydrogen-bond acceptors (Lipinski definition) is 33. The molecule has 6 heterocycles. The van der Waals surface area contributed by atoms with Gasteiger partial charge in [-0.2, -0.15) is 0 Å². The first-order valence-electron chi connectivity index (χ1n) is 33.9. The standard InChI is InChI=1S/C64H102O34/c1-24-46(95-50-42(78)37(73)31(20-87-50)94-55-48(82)64(86,23-89-55)22-88-51-43(79)38(74)34(70)28(17-65)91-51)41(77)45(81)52(90-24)96-47-40(76)36(72)30(19-67)93-54(47)98-57(85)62-12-11-58(2,3)15-26(62)25-7-8-32-59(4)16-27(69)49(97-53-44(80)39(75)35(71)29(18-66)92-53)61(6,56(83)84)33(59)9-10-60(32,5)63(25,21-68)14-13-62/h7,24,26-55,65-82,86H,8-23H2,1-6H3,(H,83,84). The molecular formula is C64H102O34. The van der Waals surface area contributed by atoms with Crippen LogP contribution in [0.2, 0.25) is 0 Å². The van der Waals surface area contributed by atoms with E-state index in [1.165, 1.54) is 13.8 Å². The normalized spacial score (nSPS) is 54.1. The van der Waals surface area contributed by atoms with Crippen LogP contribution in [0.15, 0.2) is 11.6 Å². The van der Waals surface area contributed by atoms with Crippen LogP contribution in [-0.4, -0.2) is 338 Å². The number of rotatable bonds is 18. The average molecular weight is 1420 g/mol. The van der Waals surface area contributed by atoms with Gasteiger partial charge in [-0.15, -0.1) is 0 Å². The molecule has 0 aromatic rings. The van der Waals surface area contributed by atoms with Crippen LogP contribution in [0.3, 0.4) is 0 Å². The quantitative estimate of drug-likeness (QED) is 0.0344. The summed E-state index contributed by atoms with van der Waals surface area (Å²) in [6, 6.07) is 0. The van der Waals surface area contributed by atoms with Crippen LogP contribution < -0.4 is 0 Å². The number of carboxylic acid groups (broad SMARTS) is 1. The molecule has 5 aliphatic carbocycles. The second-order valence-corrected chi connectivity index (χ2v) is 31.0. The number of allylic oxidation sites excluding steroid dienone is 1. The second kappa shape index (κ2) is 28.4. The second-order valence-electron chi connectivity index (χ2n) is 31.0. The number of carbonyl (C=O) groups is 2. The number of ether oxygens (including phenoxy) is 12. The topological polar surface area (TPSA) is 550 Å². The van der Waals surface area contributed by atoms with Crippen LogP contribution >= 0.6 is 0 Å². The van der Waals surface area contributed by atoms with Crippen LogP contribution in [0.4, 0.5) is 0 Å². The Morgan fingerprint density at radius 2 is 1.11 bits per heavy atom. The molecule has 10 fully saturated rings. The van der Waals surface area contributed by atoms with E-state index in [1.807, 2.05) is 13.0 Å². The molecule has 11 rings (SSSR count). The fourth-order valence-electron chi connectivity index (χ4n) is 19.0. The molecule has 562 valence electrons. The summed E-state index contributed by atoms with van der Waals surface area (Å²) in [7, 11) is 0. The van der Waals surface area contributed by atoms with Gasteiger partial charge in [0.25, 0.3) is 0 Å². The smallest absolute Gasteiger partial charge is 0.315 e. The van der Waals surface area contributed by atoms with Crippen molar-refractivity contribution < 1.29 is 169 Å². The Balaban J connectivity index is 0.763. The van der Waals surface area contributed by atoms with Crippen LogP contribution in [0.5, 0.6) is 0 Å². The van der Waals surface area contributed by atoms with E-state index >= 15 is 4.79 Å². The molecule has 11 aliphatic rings. The molecule has 6 saturated heterocycles. The molecule has 0 bridgehead atoms. The van der Waals surface area contributed by atoms with E-state index in [1.54, 1.807) is 0 Å². The minimum absolute atomic E-state index is 0.00193. The zero-order valence-corrected chi connectivity index (χ0v) is 55.4. The number of aliphatic hydroxyl groups is 19. The first-order chi connectivity index (χ1) is 46.0. The molecule has 34 heteroatoms. The van der Waals surface area contributed by atoms with E-state index in [2.05, 4.69) is 20.8 Å². The third-order valence-electron chi connectivity index (χ3n) is 25.0. The minimum atomic E-state index is -2.25. The van der Waals surface area contributed by atoms with Gasteiger partial charge in [0.15, 0.2) is 37.6 Å². The van der Waals surface area contributed by atoms with E-state index < -0.39 is 268 Å². The van der Waals surface area contributed by atoms with Crippen molar-refractivity contribution in [3.05, 3.63) is 11.6 Å². The van der Waals surface area contributed by atoms with Gasteiger partial charge in [-0.1, -0.05) is 39.3 Å². The molecule has 0 aromatic carbocycles. The highest BCUT2D eigenvalue weighted by Crippen LogP contribution is 2.76. The third kappa shape index (κ3) is 12.6. The lowest BCUT2D eigenvalue weighted by atomic mass is 9.33. The predicted octanol–water partition coefficient (Wildman–Crippen LogP) is -7.07. The summed E-state index contributed by atoms with van der Waals surface area (Å²) < 4.78 is 69.8. The van der Waals surface area contributed by atoms with E-state index in [9.17, 15) is 107 Å². The maximum atomic E-state index is 15.6. The summed E-state index contributed by atoms with van der Waals surface area (Å²) in [5, 5.41) is 219. The molecule has 98 heavy (non-hydrogen) atoms. The molecule has 37 atom stereocenters. The van der Waals surface area contributed by atoms with Crippen molar-refractivity contribution in [2.75, 3.05) is 46.2 Å². The Morgan fingerprint density at radius 1 is 0.561 bits per heavy atom. The number of hydrogen-bond donors (Lipinski definition) is 20. The zero-order valence-electron chi connectivity index (χ0n) is 55.4. The summed E-state index contributed by atoms with van der Waals surface area (Å²) in [5.41, 5.74) is -7.77. The highest BCUT2D eigenvalue weighted by atomic mass is 16.8. The minimum Gasteiger partial charge on any atom is -0.481 e. The molecule has 37 unspecified atom stereocenters. The highest BCUT2D eigenvalue weighted by Gasteiger charge is 2.74. The lowest BCUT2D eigenvalue weighted by molar-refractivity contribution is -0.376. The first-order valence-corrected chi connectivity index (χ1v) is 33.9. The average Bonchev–Trinajstić information content (AvgIpc) is 1.18. The molecule has 34 nitrogen and oxygen atoms in total. The van der Waals surface area contributed by atoms with Gasteiger partial charge in [0, 0.05) is 5.41 Å². The molecule has 0 aromatic heterocycles. The van der Waals surface area contributed by atoms with Gasteiger partial charge in [0.1, 0.15) is 122 Å². The fraction of sp³-hybridized carbons (Fsp3) is 0.938. The number of fused-ring (bicyclic) bond motifs is 7. The summed E-state index contributed by atoms with van der Waals surface area (Å²) in [6.07, 6.45) is -43.9. The van der Waals surface area contributed by atoms with Crippen LogP contribution in [0, 0.1) is 50.2 Å². The lowest BCUT2D eigenvalue weighted by Crippen LogP contribution is -2.71. The SMILES string of the molecule is CC1OC(OC2C(OC(=O)C34CCC(C)(C)CC3C3=CCC5C6(C)CC(O)C(OC7OC(CO)C(O)C(O)C7O)C(C)(C(=O)O)C6CCC5(C)C3(CO)CC4)OC(CO)C(O)C2O)C(O)C(O)C1OC1OCC(OC2OCC(O)(COC3OC(CO)C(O)C(O)C3O)C2O)C(O)C1O. The van der Waals surface area contributed by atoms with Gasteiger partial charge < -0.3 is 159 Å². The van der Waals surface area contributed by atoms with Crippen molar-refractivity contribution in [2.45, 2.75) is 277 Å². The molecular weight excluding hydrogens is 1310 g/mol. The number of esters is 1. The van der Waals surface area contributed by atoms with Crippen LogP contribution in [0.25, 0.3) is 0 Å². The predicted molar refractivity (Wildman–Crippen MR) is 319 cm³/mol. The van der Waals surface area contributed by atoms with Gasteiger partial charge in [-0.05, 0) is 106 Å². The molecule has 6 aliphatic heterocycles. The number of aliphatic hydroxyl groups excluding tert-OH is 18. The van der Waals surface area contributed by atoms with Crippen molar-refractivity contribution >= 4 is 11.9 Å². The van der Waals surface area contributed by atoms with Crippen molar-refractivity contribution in [3.63, 3.8) is 0 Å². The Hall–Kier alpha value is -2.52.